The SMILES string of the molecule is CCCCCCCCCCCCCCCCCCCCC(C)[Si](Cl)(Cl)Cl. The highest BCUT2D eigenvalue weighted by atomic mass is 35.8. The van der Waals surface area contributed by atoms with Crippen LogP contribution in [0.15, 0.2) is 0 Å². The Balaban J connectivity index is 3.09. The number of halogens is 3. The Morgan fingerprint density at radius 2 is 0.769 bits per heavy atom. The fourth-order valence-electron chi connectivity index (χ4n) is 3.52. The molecule has 0 bridgehead atoms. The second-order valence-corrected chi connectivity index (χ2v) is 17.4. The zero-order chi connectivity index (χ0) is 19.5. The molecule has 0 rings (SSSR count). The molecule has 0 saturated carbocycles. The lowest BCUT2D eigenvalue weighted by molar-refractivity contribution is 0.522. The van der Waals surface area contributed by atoms with Crippen molar-refractivity contribution in [2.75, 3.05) is 0 Å². The van der Waals surface area contributed by atoms with E-state index in [1.165, 1.54) is 116 Å². The summed E-state index contributed by atoms with van der Waals surface area (Å²) in [6.45, 7) is 4.38. The Morgan fingerprint density at radius 3 is 1.04 bits per heavy atom. The molecule has 0 aliphatic carbocycles. The molecular weight excluding hydrogens is 399 g/mol. The Labute approximate surface area is 180 Å². The molecule has 0 fully saturated rings. The van der Waals surface area contributed by atoms with Crippen LogP contribution in [0.1, 0.15) is 136 Å². The van der Waals surface area contributed by atoms with Gasteiger partial charge in [0.15, 0.2) is 0 Å². The summed E-state index contributed by atoms with van der Waals surface area (Å²) in [5.74, 6) is 0. The molecule has 0 aliphatic heterocycles. The number of hydrogen-bond acceptors (Lipinski definition) is 0. The minimum absolute atomic E-state index is 0.300. The zero-order valence-electron chi connectivity index (χ0n) is 17.6. The fourth-order valence-corrected chi connectivity index (χ4v) is 5.03. The average molecular weight is 444 g/mol. The molecule has 0 aromatic carbocycles. The van der Waals surface area contributed by atoms with Gasteiger partial charge < -0.3 is 0 Å². The van der Waals surface area contributed by atoms with Gasteiger partial charge >= 0.3 is 6.00 Å². The minimum atomic E-state index is -2.46. The van der Waals surface area contributed by atoms with Crippen molar-refractivity contribution < 1.29 is 0 Å². The first kappa shape index (κ1) is 27.1. The average Bonchev–Trinajstić information content (AvgIpc) is 2.59. The molecule has 0 aromatic rings. The van der Waals surface area contributed by atoms with Crippen molar-refractivity contribution in [2.24, 2.45) is 0 Å². The molecule has 4 heteroatoms. The van der Waals surface area contributed by atoms with Crippen LogP contribution in [0.3, 0.4) is 0 Å². The van der Waals surface area contributed by atoms with Crippen molar-refractivity contribution >= 4 is 39.2 Å². The highest BCUT2D eigenvalue weighted by Gasteiger charge is 2.32. The van der Waals surface area contributed by atoms with E-state index in [1.807, 2.05) is 0 Å². The van der Waals surface area contributed by atoms with Gasteiger partial charge in [0.2, 0.25) is 0 Å². The van der Waals surface area contributed by atoms with Crippen molar-refractivity contribution in [1.82, 2.24) is 0 Å². The third-order valence-electron chi connectivity index (χ3n) is 5.55. The summed E-state index contributed by atoms with van der Waals surface area (Å²) in [6.07, 6.45) is 26.5. The van der Waals surface area contributed by atoms with Crippen LogP contribution in [0.5, 0.6) is 0 Å². The summed E-state index contributed by atoms with van der Waals surface area (Å²) >= 11 is 18.1. The molecule has 26 heavy (non-hydrogen) atoms. The van der Waals surface area contributed by atoms with E-state index in [2.05, 4.69) is 13.8 Å². The summed E-state index contributed by atoms with van der Waals surface area (Å²) in [5, 5.41) is 0. The van der Waals surface area contributed by atoms with Crippen LogP contribution in [-0.4, -0.2) is 6.00 Å². The predicted octanol–water partition coefficient (Wildman–Crippen LogP) is 10.5. The minimum Gasteiger partial charge on any atom is -0.126 e. The monoisotopic (exact) mass is 442 g/mol. The summed E-state index contributed by atoms with van der Waals surface area (Å²) in [6, 6.07) is -2.46. The van der Waals surface area contributed by atoms with E-state index in [-0.39, 0.29) is 0 Å². The first-order valence-electron chi connectivity index (χ1n) is 11.5. The quantitative estimate of drug-likeness (QED) is 0.0996. The molecule has 0 radical (unpaired) electrons. The molecule has 0 amide bonds. The van der Waals surface area contributed by atoms with Crippen molar-refractivity contribution in [3.8, 4) is 0 Å². The maximum atomic E-state index is 6.03. The maximum absolute atomic E-state index is 6.03. The van der Waals surface area contributed by atoms with E-state index >= 15 is 0 Å². The number of hydrogen-bond donors (Lipinski definition) is 0. The summed E-state index contributed by atoms with van der Waals surface area (Å²) in [7, 11) is 0. The highest BCUT2D eigenvalue weighted by molar-refractivity contribution is 7.65. The molecule has 0 N–H and O–H groups in total. The topological polar surface area (TPSA) is 0 Å². The molecule has 1 atom stereocenters. The first-order valence-corrected chi connectivity index (χ1v) is 16.7. The summed E-state index contributed by atoms with van der Waals surface area (Å²) in [5.41, 5.74) is 0.300. The van der Waals surface area contributed by atoms with Crippen molar-refractivity contribution in [2.45, 2.75) is 141 Å². The largest absolute Gasteiger partial charge is 0.344 e. The van der Waals surface area contributed by atoms with Crippen LogP contribution < -0.4 is 0 Å². The van der Waals surface area contributed by atoms with Crippen LogP contribution in [0, 0.1) is 0 Å². The number of unbranched alkanes of at least 4 members (excludes halogenated alkanes) is 17. The van der Waals surface area contributed by atoms with Crippen LogP contribution in [0.4, 0.5) is 0 Å². The van der Waals surface area contributed by atoms with Crippen molar-refractivity contribution in [3.05, 3.63) is 0 Å². The third kappa shape index (κ3) is 19.8. The molecular formula is C22H45Cl3Si. The Kier molecular flexibility index (Phi) is 20.2. The van der Waals surface area contributed by atoms with E-state index in [0.717, 1.165) is 6.42 Å². The van der Waals surface area contributed by atoms with Gasteiger partial charge in [0.1, 0.15) is 0 Å². The fraction of sp³-hybridized carbons (Fsp3) is 1.00. The smallest absolute Gasteiger partial charge is 0.126 e. The lowest BCUT2D eigenvalue weighted by Crippen LogP contribution is -2.16. The van der Waals surface area contributed by atoms with Crippen LogP contribution in [0.25, 0.3) is 0 Å². The molecule has 1 unspecified atom stereocenters. The predicted molar refractivity (Wildman–Crippen MR) is 126 cm³/mol. The Bertz CT molecular complexity index is 279. The maximum Gasteiger partial charge on any atom is 0.344 e. The molecule has 0 heterocycles. The van der Waals surface area contributed by atoms with Gasteiger partial charge in [-0.15, -0.1) is 33.2 Å². The Hall–Kier alpha value is 1.09. The van der Waals surface area contributed by atoms with Gasteiger partial charge in [0.05, 0.1) is 0 Å². The lowest BCUT2D eigenvalue weighted by Gasteiger charge is -2.16. The van der Waals surface area contributed by atoms with Gasteiger partial charge in [-0.3, -0.25) is 0 Å². The lowest BCUT2D eigenvalue weighted by atomic mass is 10.0. The highest BCUT2D eigenvalue weighted by Crippen LogP contribution is 2.37. The van der Waals surface area contributed by atoms with Gasteiger partial charge in [0.25, 0.3) is 0 Å². The Morgan fingerprint density at radius 1 is 0.500 bits per heavy atom. The molecule has 0 saturated heterocycles. The van der Waals surface area contributed by atoms with Gasteiger partial charge in [-0.25, -0.2) is 0 Å². The summed E-state index contributed by atoms with van der Waals surface area (Å²) in [4.78, 5) is 0. The van der Waals surface area contributed by atoms with Gasteiger partial charge in [-0.05, 0) is 12.0 Å². The normalized spacial score (nSPS) is 13.3. The standard InChI is InChI=1S/C22H45Cl3Si/c1-3-4-5-6-7-8-9-10-11-12-13-14-15-16-17-18-19-20-21-22(2)26(23,24)25/h22H,3-21H2,1-2H3. The zero-order valence-corrected chi connectivity index (χ0v) is 20.9. The molecule has 158 valence electrons. The van der Waals surface area contributed by atoms with E-state index in [0.29, 0.717) is 5.54 Å². The molecule has 0 nitrogen and oxygen atoms in total. The van der Waals surface area contributed by atoms with Crippen molar-refractivity contribution in [1.29, 1.82) is 0 Å². The van der Waals surface area contributed by atoms with E-state index in [9.17, 15) is 0 Å². The van der Waals surface area contributed by atoms with Crippen LogP contribution in [-0.2, 0) is 0 Å². The van der Waals surface area contributed by atoms with E-state index < -0.39 is 6.00 Å². The number of rotatable bonds is 20. The first-order chi connectivity index (χ1) is 12.5. The van der Waals surface area contributed by atoms with Gasteiger partial charge in [-0.1, -0.05) is 129 Å². The van der Waals surface area contributed by atoms with Gasteiger partial charge in [0, 0.05) is 0 Å². The van der Waals surface area contributed by atoms with Gasteiger partial charge in [-0.2, -0.15) is 0 Å². The molecule has 0 aliphatic rings. The molecule has 0 aromatic heterocycles. The van der Waals surface area contributed by atoms with Crippen LogP contribution >= 0.6 is 33.2 Å². The van der Waals surface area contributed by atoms with E-state index in [1.54, 1.807) is 0 Å². The second kappa shape index (κ2) is 19.4. The summed E-state index contributed by atoms with van der Waals surface area (Å²) < 4.78 is 0. The van der Waals surface area contributed by atoms with Crippen LogP contribution in [0.2, 0.25) is 5.54 Å². The second-order valence-electron chi connectivity index (χ2n) is 8.24. The van der Waals surface area contributed by atoms with E-state index in [4.69, 9.17) is 33.2 Å². The third-order valence-corrected chi connectivity index (χ3v) is 10.3. The molecule has 0 spiro atoms. The van der Waals surface area contributed by atoms with Crippen molar-refractivity contribution in [3.63, 3.8) is 0 Å².